The molecule has 0 aliphatic rings. The summed E-state index contributed by atoms with van der Waals surface area (Å²) in [6, 6.07) is 9.25. The molecule has 0 aliphatic carbocycles. The predicted molar refractivity (Wildman–Crippen MR) is 79.5 cm³/mol. The molecule has 0 aliphatic heterocycles. The van der Waals surface area contributed by atoms with E-state index in [1.165, 1.54) is 11.3 Å². The van der Waals surface area contributed by atoms with Gasteiger partial charge < -0.3 is 10.4 Å². The molecule has 5 heteroatoms. The van der Waals surface area contributed by atoms with Crippen LogP contribution in [0, 0.1) is 13.8 Å². The molecule has 0 radical (unpaired) electrons. The van der Waals surface area contributed by atoms with E-state index in [-0.39, 0.29) is 17.9 Å². The number of amides is 1. The number of carbonyl (C=O) groups excluding carboxylic acids is 1. The van der Waals surface area contributed by atoms with Crippen LogP contribution in [0.1, 0.15) is 26.4 Å². The molecule has 1 heterocycles. The fraction of sp³-hybridized carbons (Fsp3) is 0.200. The van der Waals surface area contributed by atoms with E-state index < -0.39 is 5.97 Å². The molecule has 104 valence electrons. The first-order valence-electron chi connectivity index (χ1n) is 6.15. The molecule has 20 heavy (non-hydrogen) atoms. The van der Waals surface area contributed by atoms with E-state index in [2.05, 4.69) is 5.32 Å². The number of carbonyl (C=O) groups is 2. The molecule has 2 N–H and O–H groups in total. The van der Waals surface area contributed by atoms with E-state index in [0.717, 1.165) is 16.0 Å². The van der Waals surface area contributed by atoms with Crippen molar-refractivity contribution in [3.63, 3.8) is 0 Å². The van der Waals surface area contributed by atoms with Crippen molar-refractivity contribution in [2.45, 2.75) is 20.3 Å². The van der Waals surface area contributed by atoms with Crippen LogP contribution >= 0.6 is 11.3 Å². The number of rotatable bonds is 4. The summed E-state index contributed by atoms with van der Waals surface area (Å²) in [4.78, 5) is 23.9. The molecule has 0 spiro atoms. The molecule has 1 aromatic heterocycles. The Balaban J connectivity index is 2.08. The zero-order valence-electron chi connectivity index (χ0n) is 11.3. The summed E-state index contributed by atoms with van der Waals surface area (Å²) in [6.45, 7) is 3.80. The van der Waals surface area contributed by atoms with Crippen LogP contribution in [0.3, 0.4) is 0 Å². The summed E-state index contributed by atoms with van der Waals surface area (Å²) in [7, 11) is 0. The van der Waals surface area contributed by atoms with Gasteiger partial charge in [0.25, 0.3) is 0 Å². The second-order valence-corrected chi connectivity index (χ2v) is 5.87. The first-order chi connectivity index (χ1) is 9.45. The third-order valence-corrected chi connectivity index (χ3v) is 3.79. The number of carboxylic acids is 1. The Morgan fingerprint density at radius 1 is 1.20 bits per heavy atom. The van der Waals surface area contributed by atoms with Crippen molar-refractivity contribution in [3.05, 3.63) is 51.9 Å². The molecule has 2 aromatic rings. The molecular formula is C15H15NO3S. The lowest BCUT2D eigenvalue weighted by molar-refractivity contribution is -0.115. The van der Waals surface area contributed by atoms with Gasteiger partial charge in [0, 0.05) is 4.88 Å². The largest absolute Gasteiger partial charge is 0.478 e. The molecule has 0 saturated heterocycles. The van der Waals surface area contributed by atoms with Gasteiger partial charge in [-0.3, -0.25) is 4.79 Å². The van der Waals surface area contributed by atoms with E-state index in [1.54, 1.807) is 6.07 Å². The minimum absolute atomic E-state index is 0.143. The first-order valence-corrected chi connectivity index (χ1v) is 6.96. The highest BCUT2D eigenvalue weighted by atomic mass is 32.1. The second kappa shape index (κ2) is 5.88. The van der Waals surface area contributed by atoms with Crippen molar-refractivity contribution in [2.75, 3.05) is 5.32 Å². The highest BCUT2D eigenvalue weighted by molar-refractivity contribution is 7.16. The molecule has 0 bridgehead atoms. The maximum atomic E-state index is 12.0. The van der Waals surface area contributed by atoms with Crippen LogP contribution in [0.15, 0.2) is 30.3 Å². The van der Waals surface area contributed by atoms with Crippen LogP contribution in [0.5, 0.6) is 0 Å². The zero-order chi connectivity index (χ0) is 14.7. The molecule has 0 fully saturated rings. The molecule has 0 atom stereocenters. The Kier molecular flexibility index (Phi) is 4.20. The molecule has 0 unspecified atom stereocenters. The molecule has 0 saturated carbocycles. The minimum atomic E-state index is -1.03. The predicted octanol–water partition coefficient (Wildman–Crippen LogP) is 3.24. The average molecular weight is 289 g/mol. The maximum Gasteiger partial charge on any atom is 0.338 e. The van der Waals surface area contributed by atoms with Crippen molar-refractivity contribution in [1.82, 2.24) is 0 Å². The topological polar surface area (TPSA) is 66.4 Å². The molecule has 4 nitrogen and oxygen atoms in total. The fourth-order valence-electron chi connectivity index (χ4n) is 1.83. The van der Waals surface area contributed by atoms with Gasteiger partial charge in [0.15, 0.2) is 0 Å². The number of hydrogen-bond donors (Lipinski definition) is 2. The highest BCUT2D eigenvalue weighted by Gasteiger charge is 2.15. The van der Waals surface area contributed by atoms with Gasteiger partial charge in [0.1, 0.15) is 5.00 Å². The Morgan fingerprint density at radius 3 is 2.45 bits per heavy atom. The number of nitrogens with one attached hydrogen (secondary N) is 1. The monoisotopic (exact) mass is 289 g/mol. The standard InChI is InChI=1S/C15H15NO3S/c1-9-3-5-11(6-4-9)8-13(17)16-14-12(15(18)19)7-10(2)20-14/h3-7H,8H2,1-2H3,(H,16,17)(H,18,19). The Labute approximate surface area is 121 Å². The van der Waals surface area contributed by atoms with E-state index in [0.29, 0.717) is 5.00 Å². The highest BCUT2D eigenvalue weighted by Crippen LogP contribution is 2.27. The van der Waals surface area contributed by atoms with Gasteiger partial charge in [-0.1, -0.05) is 29.8 Å². The number of aryl methyl sites for hydroxylation is 2. The number of thiophene rings is 1. The van der Waals surface area contributed by atoms with Crippen LogP contribution in [-0.4, -0.2) is 17.0 Å². The Morgan fingerprint density at radius 2 is 1.85 bits per heavy atom. The van der Waals surface area contributed by atoms with Crippen molar-refractivity contribution in [1.29, 1.82) is 0 Å². The smallest absolute Gasteiger partial charge is 0.338 e. The van der Waals surface area contributed by atoms with Gasteiger partial charge in [-0.05, 0) is 25.5 Å². The van der Waals surface area contributed by atoms with Gasteiger partial charge in [-0.25, -0.2) is 4.79 Å². The van der Waals surface area contributed by atoms with Crippen molar-refractivity contribution in [2.24, 2.45) is 0 Å². The van der Waals surface area contributed by atoms with Gasteiger partial charge in [0.05, 0.1) is 12.0 Å². The van der Waals surface area contributed by atoms with Crippen LogP contribution in [0.25, 0.3) is 0 Å². The normalized spacial score (nSPS) is 10.3. The summed E-state index contributed by atoms with van der Waals surface area (Å²) in [5.74, 6) is -1.24. The Bertz CT molecular complexity index is 644. The van der Waals surface area contributed by atoms with E-state index in [4.69, 9.17) is 5.11 Å². The average Bonchev–Trinajstić information content (AvgIpc) is 2.73. The number of aromatic carboxylic acids is 1. The third-order valence-electron chi connectivity index (χ3n) is 2.82. The van der Waals surface area contributed by atoms with E-state index in [1.807, 2.05) is 38.1 Å². The third kappa shape index (κ3) is 3.45. The molecule has 2 rings (SSSR count). The summed E-state index contributed by atoms with van der Waals surface area (Å²) < 4.78 is 0. The van der Waals surface area contributed by atoms with Crippen molar-refractivity contribution >= 4 is 28.2 Å². The van der Waals surface area contributed by atoms with Crippen molar-refractivity contribution < 1.29 is 14.7 Å². The lowest BCUT2D eigenvalue weighted by Crippen LogP contribution is -2.15. The number of carboxylic acid groups (broad SMARTS) is 1. The van der Waals surface area contributed by atoms with Gasteiger partial charge in [0.2, 0.25) is 5.91 Å². The van der Waals surface area contributed by atoms with Crippen LogP contribution in [0.4, 0.5) is 5.00 Å². The maximum absolute atomic E-state index is 12.0. The SMILES string of the molecule is Cc1ccc(CC(=O)Nc2sc(C)cc2C(=O)O)cc1. The number of anilines is 1. The number of benzene rings is 1. The summed E-state index contributed by atoms with van der Waals surface area (Å²) in [5.41, 5.74) is 2.18. The summed E-state index contributed by atoms with van der Waals surface area (Å²) >= 11 is 1.27. The van der Waals surface area contributed by atoms with Crippen LogP contribution in [-0.2, 0) is 11.2 Å². The quantitative estimate of drug-likeness (QED) is 0.908. The number of hydrogen-bond acceptors (Lipinski definition) is 3. The lowest BCUT2D eigenvalue weighted by Gasteiger charge is -2.04. The van der Waals surface area contributed by atoms with Gasteiger partial charge in [-0.15, -0.1) is 11.3 Å². The van der Waals surface area contributed by atoms with Gasteiger partial charge in [-0.2, -0.15) is 0 Å². The van der Waals surface area contributed by atoms with Crippen LogP contribution < -0.4 is 5.32 Å². The molecular weight excluding hydrogens is 274 g/mol. The zero-order valence-corrected chi connectivity index (χ0v) is 12.1. The van der Waals surface area contributed by atoms with Crippen molar-refractivity contribution in [3.8, 4) is 0 Å². The summed E-state index contributed by atoms with van der Waals surface area (Å²) in [6.07, 6.45) is 0.232. The minimum Gasteiger partial charge on any atom is -0.478 e. The van der Waals surface area contributed by atoms with Crippen LogP contribution in [0.2, 0.25) is 0 Å². The summed E-state index contributed by atoms with van der Waals surface area (Å²) in [5, 5.41) is 12.1. The van der Waals surface area contributed by atoms with E-state index in [9.17, 15) is 9.59 Å². The first kappa shape index (κ1) is 14.3. The molecule has 1 aromatic carbocycles. The van der Waals surface area contributed by atoms with Gasteiger partial charge >= 0.3 is 5.97 Å². The van der Waals surface area contributed by atoms with E-state index >= 15 is 0 Å². The fourth-order valence-corrected chi connectivity index (χ4v) is 2.75. The second-order valence-electron chi connectivity index (χ2n) is 4.62. The molecule has 1 amide bonds. The lowest BCUT2D eigenvalue weighted by atomic mass is 10.1. The Hall–Kier alpha value is -2.14.